The van der Waals surface area contributed by atoms with E-state index in [1.165, 1.54) is 4.68 Å². The third kappa shape index (κ3) is 5.78. The minimum absolute atomic E-state index is 0.0519. The maximum absolute atomic E-state index is 14.2. The highest BCUT2D eigenvalue weighted by Crippen LogP contribution is 2.38. The van der Waals surface area contributed by atoms with E-state index in [0.717, 1.165) is 11.3 Å². The quantitative estimate of drug-likeness (QED) is 0.466. The fourth-order valence-electron chi connectivity index (χ4n) is 5.35. The number of rotatable bonds is 5. The highest BCUT2D eigenvalue weighted by Gasteiger charge is 2.45. The topological polar surface area (TPSA) is 101 Å². The predicted molar refractivity (Wildman–Crippen MR) is 148 cm³/mol. The van der Waals surface area contributed by atoms with Crippen molar-refractivity contribution in [1.29, 1.82) is 0 Å². The number of hydrogen-bond acceptors (Lipinski definition) is 8. The second-order valence-corrected chi connectivity index (χ2v) is 11.2. The minimum atomic E-state index is -0.687. The number of amides is 1. The Kier molecular flexibility index (Phi) is 8.00. The van der Waals surface area contributed by atoms with E-state index in [9.17, 15) is 9.59 Å². The van der Waals surface area contributed by atoms with Crippen LogP contribution in [0.1, 0.15) is 39.2 Å². The molecule has 2 saturated heterocycles. The lowest BCUT2D eigenvalue weighted by molar-refractivity contribution is -0.142. The third-order valence-electron chi connectivity index (χ3n) is 7.35. The molecule has 3 aromatic rings. The first-order chi connectivity index (χ1) is 19.2. The van der Waals surface area contributed by atoms with Crippen LogP contribution in [0.4, 0.5) is 4.79 Å². The van der Waals surface area contributed by atoms with Gasteiger partial charge in [0, 0.05) is 19.8 Å². The second-order valence-electron chi connectivity index (χ2n) is 11.2. The summed E-state index contributed by atoms with van der Waals surface area (Å²) in [4.78, 5) is 28.8. The summed E-state index contributed by atoms with van der Waals surface area (Å²) in [6.07, 6.45) is 1.83. The monoisotopic (exact) mass is 551 g/mol. The van der Waals surface area contributed by atoms with Crippen molar-refractivity contribution in [2.24, 2.45) is 0 Å². The fraction of sp³-hybridized carbons (Fsp3) is 0.500. The lowest BCUT2D eigenvalue weighted by atomic mass is 9.73. The highest BCUT2D eigenvalue weighted by atomic mass is 16.6. The van der Waals surface area contributed by atoms with Gasteiger partial charge in [0.25, 0.3) is 0 Å². The molecular weight excluding hydrogens is 514 g/mol. The maximum atomic E-state index is 14.2. The van der Waals surface area contributed by atoms with Gasteiger partial charge in [0.1, 0.15) is 23.2 Å². The van der Waals surface area contributed by atoms with E-state index in [2.05, 4.69) is 5.10 Å². The van der Waals surface area contributed by atoms with Crippen LogP contribution in [0.3, 0.4) is 0 Å². The molecule has 1 amide bonds. The zero-order valence-corrected chi connectivity index (χ0v) is 23.6. The van der Waals surface area contributed by atoms with Crippen LogP contribution in [0, 0.1) is 0 Å². The van der Waals surface area contributed by atoms with Crippen LogP contribution in [0.2, 0.25) is 0 Å². The summed E-state index contributed by atoms with van der Waals surface area (Å²) in [5.41, 5.74) is 0.206. The highest BCUT2D eigenvalue weighted by molar-refractivity contribution is 5.91. The van der Waals surface area contributed by atoms with Crippen molar-refractivity contribution in [2.45, 2.75) is 50.7 Å². The number of benzene rings is 2. The molecule has 0 saturated carbocycles. The van der Waals surface area contributed by atoms with Gasteiger partial charge in [-0.15, -0.1) is 0 Å². The Bertz CT molecular complexity index is 1340. The number of fused-ring (bicyclic) bond motifs is 1. The molecule has 2 aliphatic heterocycles. The molecule has 5 rings (SSSR count). The van der Waals surface area contributed by atoms with Crippen LogP contribution in [0.5, 0.6) is 11.5 Å². The number of aromatic nitrogens is 2. The predicted octanol–water partition coefficient (Wildman–Crippen LogP) is 4.18. The van der Waals surface area contributed by atoms with Gasteiger partial charge >= 0.3 is 6.09 Å². The molecule has 40 heavy (non-hydrogen) atoms. The number of carbonyl (C=O) groups is 2. The number of methoxy groups -OCH3 is 1. The van der Waals surface area contributed by atoms with Crippen LogP contribution in [0.15, 0.2) is 48.7 Å². The Morgan fingerprint density at radius 3 is 2.48 bits per heavy atom. The van der Waals surface area contributed by atoms with E-state index in [0.29, 0.717) is 69.0 Å². The number of nitrogens with zero attached hydrogens (tertiary/aromatic N) is 3. The molecule has 1 unspecified atom stereocenters. The largest absolute Gasteiger partial charge is 0.497 e. The molecule has 1 atom stereocenters. The van der Waals surface area contributed by atoms with Gasteiger partial charge in [0.05, 0.1) is 49.4 Å². The molecule has 2 aromatic carbocycles. The summed E-state index contributed by atoms with van der Waals surface area (Å²) in [6, 6.07) is 13.2. The molecule has 2 fully saturated rings. The van der Waals surface area contributed by atoms with Crippen molar-refractivity contribution in [1.82, 2.24) is 14.7 Å². The van der Waals surface area contributed by atoms with E-state index < -0.39 is 23.2 Å². The Morgan fingerprint density at radius 2 is 1.77 bits per heavy atom. The van der Waals surface area contributed by atoms with Gasteiger partial charge in [-0.05, 0) is 63.4 Å². The molecule has 0 bridgehead atoms. The Hall–Kier alpha value is -3.63. The van der Waals surface area contributed by atoms with Crippen molar-refractivity contribution >= 4 is 22.9 Å². The van der Waals surface area contributed by atoms with Crippen LogP contribution < -0.4 is 9.47 Å². The molecule has 10 heteroatoms. The van der Waals surface area contributed by atoms with Crippen LogP contribution in [-0.2, 0) is 24.4 Å². The average molecular weight is 552 g/mol. The van der Waals surface area contributed by atoms with Crippen molar-refractivity contribution in [2.75, 3.05) is 46.6 Å². The molecule has 0 radical (unpaired) electrons. The summed E-state index contributed by atoms with van der Waals surface area (Å²) in [5.74, 6) is 1.36. The van der Waals surface area contributed by atoms with E-state index in [1.807, 2.05) is 56.0 Å². The Labute approximate surface area is 234 Å². The van der Waals surface area contributed by atoms with E-state index in [1.54, 1.807) is 25.4 Å². The normalized spacial score (nSPS) is 19.6. The molecule has 3 heterocycles. The van der Waals surface area contributed by atoms with Gasteiger partial charge in [-0.1, -0.05) is 18.2 Å². The SMILES string of the molecule is COc1ccc(C2(C(=O)N3CCOCC(Oc4cccc5c4cnn5C(=O)OC(C)(C)C)C3)CCOCC2)cc1. The van der Waals surface area contributed by atoms with Gasteiger partial charge in [-0.3, -0.25) is 4.79 Å². The lowest BCUT2D eigenvalue weighted by Gasteiger charge is -2.40. The molecule has 1 aromatic heterocycles. The van der Waals surface area contributed by atoms with Gasteiger partial charge < -0.3 is 28.6 Å². The summed E-state index contributed by atoms with van der Waals surface area (Å²) in [5, 5.41) is 4.93. The number of hydrogen-bond donors (Lipinski definition) is 0. The van der Waals surface area contributed by atoms with E-state index in [-0.39, 0.29) is 5.91 Å². The first-order valence-corrected chi connectivity index (χ1v) is 13.7. The smallest absolute Gasteiger partial charge is 0.435 e. The van der Waals surface area contributed by atoms with E-state index in [4.69, 9.17) is 23.7 Å². The van der Waals surface area contributed by atoms with Crippen LogP contribution >= 0.6 is 0 Å². The second kappa shape index (κ2) is 11.5. The van der Waals surface area contributed by atoms with Crippen molar-refractivity contribution in [3.05, 3.63) is 54.2 Å². The molecular formula is C30H37N3O7. The minimum Gasteiger partial charge on any atom is -0.497 e. The number of carbonyl (C=O) groups excluding carboxylic acids is 2. The van der Waals surface area contributed by atoms with Gasteiger partial charge in [-0.2, -0.15) is 9.78 Å². The summed E-state index contributed by atoms with van der Waals surface area (Å²) in [7, 11) is 1.63. The zero-order chi connectivity index (χ0) is 28.3. The van der Waals surface area contributed by atoms with Gasteiger partial charge in [-0.25, -0.2) is 4.79 Å². The molecule has 10 nitrogen and oxygen atoms in total. The summed E-state index contributed by atoms with van der Waals surface area (Å²) < 4.78 is 30.0. The summed E-state index contributed by atoms with van der Waals surface area (Å²) in [6.45, 7) is 8.06. The van der Waals surface area contributed by atoms with Gasteiger partial charge in [0.15, 0.2) is 0 Å². The third-order valence-corrected chi connectivity index (χ3v) is 7.35. The lowest BCUT2D eigenvalue weighted by Crippen LogP contribution is -2.52. The maximum Gasteiger partial charge on any atom is 0.435 e. The molecule has 0 aliphatic carbocycles. The van der Waals surface area contributed by atoms with Crippen molar-refractivity contribution in [3.8, 4) is 11.5 Å². The summed E-state index contributed by atoms with van der Waals surface area (Å²) >= 11 is 0. The Balaban J connectivity index is 1.37. The first kappa shape index (κ1) is 27.9. The fourth-order valence-corrected chi connectivity index (χ4v) is 5.35. The van der Waals surface area contributed by atoms with Gasteiger partial charge in [0.2, 0.25) is 5.91 Å². The molecule has 2 aliphatic rings. The van der Waals surface area contributed by atoms with Crippen LogP contribution in [-0.4, -0.2) is 85.0 Å². The number of ether oxygens (including phenoxy) is 5. The van der Waals surface area contributed by atoms with Crippen LogP contribution in [0.25, 0.3) is 10.9 Å². The molecule has 214 valence electrons. The van der Waals surface area contributed by atoms with Crippen molar-refractivity contribution < 1.29 is 33.3 Å². The average Bonchev–Trinajstić information content (AvgIpc) is 3.26. The zero-order valence-electron chi connectivity index (χ0n) is 23.6. The standard InChI is InChI=1S/C30H37N3O7/c1-29(2,3)40-28(35)33-25-6-5-7-26(24(25)18-31-33)39-23-19-32(14-17-38-20-23)27(34)30(12-15-37-16-13-30)21-8-10-22(36-4)11-9-21/h5-11,18,23H,12-17,19-20H2,1-4H3. The molecule has 0 spiro atoms. The molecule has 0 N–H and O–H groups in total. The Morgan fingerprint density at radius 1 is 1.02 bits per heavy atom. The van der Waals surface area contributed by atoms with Crippen molar-refractivity contribution in [3.63, 3.8) is 0 Å². The van der Waals surface area contributed by atoms with E-state index >= 15 is 0 Å². The first-order valence-electron chi connectivity index (χ1n) is 13.7.